The summed E-state index contributed by atoms with van der Waals surface area (Å²) >= 11 is 0. The largest absolute Gasteiger partial charge is 0.373 e. The van der Waals surface area contributed by atoms with Crippen LogP contribution in [0.2, 0.25) is 0 Å². The molecule has 2 rings (SSSR count). The lowest BCUT2D eigenvalue weighted by atomic mass is 9.90. The van der Waals surface area contributed by atoms with Crippen molar-refractivity contribution in [3.05, 3.63) is 34.9 Å². The smallest absolute Gasteiger partial charge is 0.0723 e. The van der Waals surface area contributed by atoms with Gasteiger partial charge in [0.25, 0.3) is 0 Å². The van der Waals surface area contributed by atoms with Gasteiger partial charge in [0.15, 0.2) is 0 Å². The van der Waals surface area contributed by atoms with Gasteiger partial charge in [-0.3, -0.25) is 0 Å². The van der Waals surface area contributed by atoms with Gasteiger partial charge in [-0.1, -0.05) is 45.9 Å². The third-order valence-electron chi connectivity index (χ3n) is 3.51. The van der Waals surface area contributed by atoms with Crippen LogP contribution in [0.5, 0.6) is 0 Å². The van der Waals surface area contributed by atoms with E-state index < -0.39 is 0 Å². The van der Waals surface area contributed by atoms with Crippen molar-refractivity contribution in [3.8, 4) is 0 Å². The second-order valence-corrected chi connectivity index (χ2v) is 5.48. The highest BCUT2D eigenvalue weighted by Gasteiger charge is 2.22. The number of hydrogen-bond acceptors (Lipinski definition) is 1. The monoisotopic (exact) mass is 218 g/mol. The molecule has 0 N–H and O–H groups in total. The first-order chi connectivity index (χ1) is 7.58. The number of hydrogen-bond donors (Lipinski definition) is 0. The van der Waals surface area contributed by atoms with E-state index in [-0.39, 0.29) is 0 Å². The molecule has 16 heavy (non-hydrogen) atoms. The van der Waals surface area contributed by atoms with E-state index in [1.165, 1.54) is 16.7 Å². The number of rotatable bonds is 2. The molecule has 1 heteroatoms. The van der Waals surface area contributed by atoms with Crippen LogP contribution in [0.15, 0.2) is 18.2 Å². The molecule has 0 spiro atoms. The summed E-state index contributed by atoms with van der Waals surface area (Å²) in [5.41, 5.74) is 4.32. The van der Waals surface area contributed by atoms with Gasteiger partial charge in [0.2, 0.25) is 0 Å². The zero-order chi connectivity index (χ0) is 11.7. The molecule has 1 atom stereocenters. The Kier molecular flexibility index (Phi) is 3.34. The van der Waals surface area contributed by atoms with Crippen LogP contribution in [-0.4, -0.2) is 6.10 Å². The third kappa shape index (κ3) is 2.30. The average molecular weight is 218 g/mol. The zero-order valence-corrected chi connectivity index (χ0v) is 10.8. The van der Waals surface area contributed by atoms with Crippen molar-refractivity contribution in [2.45, 2.75) is 52.7 Å². The lowest BCUT2D eigenvalue weighted by Gasteiger charge is -2.28. The fourth-order valence-electron chi connectivity index (χ4n) is 2.24. The normalized spacial score (nSPS) is 20.2. The van der Waals surface area contributed by atoms with Crippen LogP contribution in [-0.2, 0) is 17.8 Å². The molecule has 0 amide bonds. The van der Waals surface area contributed by atoms with Crippen LogP contribution in [0, 0.1) is 5.92 Å². The van der Waals surface area contributed by atoms with Crippen molar-refractivity contribution >= 4 is 0 Å². The minimum Gasteiger partial charge on any atom is -0.373 e. The van der Waals surface area contributed by atoms with Crippen molar-refractivity contribution in [2.24, 2.45) is 5.92 Å². The first-order valence-corrected chi connectivity index (χ1v) is 6.31. The molecule has 1 aliphatic rings. The molecule has 0 aromatic heterocycles. The summed E-state index contributed by atoms with van der Waals surface area (Å²) < 4.78 is 5.87. The lowest BCUT2D eigenvalue weighted by molar-refractivity contribution is -0.000316. The molecule has 1 heterocycles. The second kappa shape index (κ2) is 4.58. The van der Waals surface area contributed by atoms with E-state index >= 15 is 0 Å². The molecule has 0 fully saturated rings. The number of ether oxygens (including phenoxy) is 1. The van der Waals surface area contributed by atoms with Gasteiger partial charge < -0.3 is 4.74 Å². The minimum absolute atomic E-state index is 0.398. The zero-order valence-electron chi connectivity index (χ0n) is 10.8. The summed E-state index contributed by atoms with van der Waals surface area (Å²) in [5.74, 6) is 1.22. The Bertz CT molecular complexity index is 366. The molecule has 0 saturated carbocycles. The summed E-state index contributed by atoms with van der Waals surface area (Å²) in [6, 6.07) is 6.85. The molecular formula is C15H22O. The van der Waals surface area contributed by atoms with E-state index in [0.717, 1.165) is 13.0 Å². The van der Waals surface area contributed by atoms with Gasteiger partial charge in [-0.25, -0.2) is 0 Å². The Hall–Kier alpha value is -0.820. The second-order valence-electron chi connectivity index (χ2n) is 5.48. The van der Waals surface area contributed by atoms with E-state index in [1.807, 2.05) is 0 Å². The van der Waals surface area contributed by atoms with Crippen molar-refractivity contribution in [3.63, 3.8) is 0 Å². The molecule has 1 aromatic rings. The van der Waals surface area contributed by atoms with E-state index in [9.17, 15) is 0 Å². The van der Waals surface area contributed by atoms with Gasteiger partial charge in [-0.2, -0.15) is 0 Å². The Morgan fingerprint density at radius 2 is 1.88 bits per heavy atom. The summed E-state index contributed by atoms with van der Waals surface area (Å²) in [4.78, 5) is 0. The van der Waals surface area contributed by atoms with E-state index in [0.29, 0.717) is 17.9 Å². The fourth-order valence-corrected chi connectivity index (χ4v) is 2.24. The summed E-state index contributed by atoms with van der Waals surface area (Å²) in [6.07, 6.45) is 1.48. The van der Waals surface area contributed by atoms with E-state index in [4.69, 9.17) is 4.74 Å². The third-order valence-corrected chi connectivity index (χ3v) is 3.51. The van der Waals surface area contributed by atoms with Gasteiger partial charge in [0, 0.05) is 0 Å². The molecule has 1 aliphatic heterocycles. The first kappa shape index (κ1) is 11.7. The molecule has 1 aromatic carbocycles. The van der Waals surface area contributed by atoms with Crippen LogP contribution in [0.4, 0.5) is 0 Å². The van der Waals surface area contributed by atoms with Gasteiger partial charge in [0.05, 0.1) is 12.7 Å². The van der Waals surface area contributed by atoms with Crippen LogP contribution in [0.25, 0.3) is 0 Å². The molecule has 1 nitrogen and oxygen atoms in total. The van der Waals surface area contributed by atoms with Crippen LogP contribution in [0.3, 0.4) is 0 Å². The van der Waals surface area contributed by atoms with Crippen molar-refractivity contribution in [2.75, 3.05) is 0 Å². The Morgan fingerprint density at radius 1 is 1.12 bits per heavy atom. The van der Waals surface area contributed by atoms with E-state index in [2.05, 4.69) is 45.9 Å². The molecule has 1 unspecified atom stereocenters. The molecular weight excluding hydrogens is 196 g/mol. The average Bonchev–Trinajstić information content (AvgIpc) is 2.27. The number of benzene rings is 1. The molecule has 0 saturated heterocycles. The standard InChI is InChI=1S/C15H22O/c1-10(2)12-5-6-13-9-16-15(11(3)4)8-14(13)7-12/h5-7,10-11,15H,8-9H2,1-4H3. The Morgan fingerprint density at radius 3 is 2.50 bits per heavy atom. The maximum absolute atomic E-state index is 5.87. The first-order valence-electron chi connectivity index (χ1n) is 6.31. The molecule has 0 bridgehead atoms. The van der Waals surface area contributed by atoms with Gasteiger partial charge in [0.1, 0.15) is 0 Å². The van der Waals surface area contributed by atoms with Crippen molar-refractivity contribution in [1.82, 2.24) is 0 Å². The van der Waals surface area contributed by atoms with Crippen molar-refractivity contribution < 1.29 is 4.74 Å². The molecule has 0 aliphatic carbocycles. The lowest BCUT2D eigenvalue weighted by Crippen LogP contribution is -2.27. The highest BCUT2D eigenvalue weighted by molar-refractivity contribution is 5.34. The van der Waals surface area contributed by atoms with Gasteiger partial charge in [-0.05, 0) is 34.9 Å². The maximum Gasteiger partial charge on any atom is 0.0723 e. The Balaban J connectivity index is 2.25. The summed E-state index contributed by atoms with van der Waals surface area (Å²) in [6.45, 7) is 9.77. The maximum atomic E-state index is 5.87. The van der Waals surface area contributed by atoms with Gasteiger partial charge >= 0.3 is 0 Å². The predicted molar refractivity (Wildman–Crippen MR) is 67.7 cm³/mol. The van der Waals surface area contributed by atoms with Crippen molar-refractivity contribution in [1.29, 1.82) is 0 Å². The van der Waals surface area contributed by atoms with Crippen LogP contribution >= 0.6 is 0 Å². The predicted octanol–water partition coefficient (Wildman–Crippen LogP) is 3.91. The SMILES string of the molecule is CC(C)c1ccc2c(c1)CC(C(C)C)OC2. The van der Waals surface area contributed by atoms with E-state index in [1.54, 1.807) is 0 Å². The fraction of sp³-hybridized carbons (Fsp3) is 0.600. The highest BCUT2D eigenvalue weighted by atomic mass is 16.5. The van der Waals surface area contributed by atoms with Crippen LogP contribution in [0.1, 0.15) is 50.3 Å². The summed E-state index contributed by atoms with van der Waals surface area (Å²) in [5, 5.41) is 0. The minimum atomic E-state index is 0.398. The summed E-state index contributed by atoms with van der Waals surface area (Å²) in [7, 11) is 0. The van der Waals surface area contributed by atoms with Gasteiger partial charge in [-0.15, -0.1) is 0 Å². The van der Waals surface area contributed by atoms with Crippen LogP contribution < -0.4 is 0 Å². The molecule has 88 valence electrons. The quantitative estimate of drug-likeness (QED) is 0.731. The Labute approximate surface area is 98.8 Å². The highest BCUT2D eigenvalue weighted by Crippen LogP contribution is 2.27. The topological polar surface area (TPSA) is 9.23 Å². The molecule has 0 radical (unpaired) electrons. The number of fused-ring (bicyclic) bond motifs is 1.